The summed E-state index contributed by atoms with van der Waals surface area (Å²) in [4.78, 5) is 10.3. The molecule has 5 nitrogen and oxygen atoms in total. The molecule has 1 aromatic rings. The lowest BCUT2D eigenvalue weighted by molar-refractivity contribution is -0.136. The first-order valence-electron chi connectivity index (χ1n) is 5.55. The molecule has 0 aliphatic heterocycles. The quantitative estimate of drug-likeness (QED) is 0.814. The third-order valence-corrected chi connectivity index (χ3v) is 3.95. The van der Waals surface area contributed by atoms with E-state index in [2.05, 4.69) is 4.72 Å². The zero-order valence-electron chi connectivity index (χ0n) is 10.4. The lowest BCUT2D eigenvalue weighted by Crippen LogP contribution is -2.27. The topological polar surface area (TPSA) is 83.5 Å². The predicted octanol–water partition coefficient (Wildman–Crippen LogP) is 1.20. The largest absolute Gasteiger partial charge is 0.481 e. The van der Waals surface area contributed by atoms with Gasteiger partial charge in [0.1, 0.15) is 0 Å². The maximum absolute atomic E-state index is 11.7. The summed E-state index contributed by atoms with van der Waals surface area (Å²) >= 11 is 0. The van der Waals surface area contributed by atoms with Crippen LogP contribution in [0.5, 0.6) is 0 Å². The number of hydrogen-bond donors (Lipinski definition) is 2. The van der Waals surface area contributed by atoms with Crippen molar-refractivity contribution in [2.75, 3.05) is 6.54 Å². The number of aliphatic carboxylic acids is 1. The van der Waals surface area contributed by atoms with Gasteiger partial charge in [-0.15, -0.1) is 0 Å². The molecule has 1 rings (SSSR count). The van der Waals surface area contributed by atoms with Crippen molar-refractivity contribution in [2.24, 2.45) is 0 Å². The molecule has 0 atom stereocenters. The minimum atomic E-state index is -3.47. The average molecular weight is 271 g/mol. The molecule has 0 unspecified atom stereocenters. The van der Waals surface area contributed by atoms with E-state index in [1.165, 1.54) is 0 Å². The number of aryl methyl sites for hydroxylation is 2. The Bertz CT molecular complexity index is 537. The monoisotopic (exact) mass is 271 g/mol. The summed E-state index contributed by atoms with van der Waals surface area (Å²) in [5.41, 5.74) is 2.84. The second-order valence-corrected chi connectivity index (χ2v) is 6.02. The van der Waals surface area contributed by atoms with Crippen molar-refractivity contribution in [3.63, 3.8) is 0 Å². The standard InChI is InChI=1S/C12H17NO4S/c1-9-3-4-11(7-10(9)2)8-18(16,17)13-6-5-12(14)15/h3-4,7,13H,5-6,8H2,1-2H3,(H,14,15). The highest BCUT2D eigenvalue weighted by molar-refractivity contribution is 7.88. The molecule has 0 spiro atoms. The van der Waals surface area contributed by atoms with Crippen molar-refractivity contribution in [1.29, 1.82) is 0 Å². The van der Waals surface area contributed by atoms with E-state index in [1.54, 1.807) is 6.07 Å². The maximum atomic E-state index is 11.7. The van der Waals surface area contributed by atoms with E-state index in [9.17, 15) is 13.2 Å². The highest BCUT2D eigenvalue weighted by atomic mass is 32.2. The van der Waals surface area contributed by atoms with Gasteiger partial charge in [0, 0.05) is 6.54 Å². The molecule has 0 fully saturated rings. The van der Waals surface area contributed by atoms with Gasteiger partial charge in [0.15, 0.2) is 0 Å². The van der Waals surface area contributed by atoms with Crippen LogP contribution in [0.2, 0.25) is 0 Å². The number of carboxylic acid groups (broad SMARTS) is 1. The Hall–Kier alpha value is -1.40. The van der Waals surface area contributed by atoms with E-state index in [1.807, 2.05) is 26.0 Å². The smallest absolute Gasteiger partial charge is 0.304 e. The predicted molar refractivity (Wildman–Crippen MR) is 68.8 cm³/mol. The van der Waals surface area contributed by atoms with Gasteiger partial charge in [-0.25, -0.2) is 13.1 Å². The van der Waals surface area contributed by atoms with Gasteiger partial charge in [-0.05, 0) is 30.5 Å². The molecule has 0 heterocycles. The molecule has 6 heteroatoms. The van der Waals surface area contributed by atoms with Gasteiger partial charge in [-0.2, -0.15) is 0 Å². The average Bonchev–Trinajstić information content (AvgIpc) is 2.22. The Morgan fingerprint density at radius 1 is 1.28 bits per heavy atom. The summed E-state index contributed by atoms with van der Waals surface area (Å²) in [6, 6.07) is 5.46. The molecule has 0 aromatic heterocycles. The molecule has 1 aromatic carbocycles. The maximum Gasteiger partial charge on any atom is 0.304 e. The molecular weight excluding hydrogens is 254 g/mol. The molecule has 0 saturated heterocycles. The van der Waals surface area contributed by atoms with E-state index in [0.717, 1.165) is 11.1 Å². The van der Waals surface area contributed by atoms with E-state index in [4.69, 9.17) is 5.11 Å². The van der Waals surface area contributed by atoms with Crippen LogP contribution in [0.1, 0.15) is 23.1 Å². The van der Waals surface area contributed by atoms with Crippen LogP contribution >= 0.6 is 0 Å². The second kappa shape index (κ2) is 5.97. The molecule has 0 bridgehead atoms. The molecule has 0 amide bonds. The first-order chi connectivity index (χ1) is 8.30. The number of benzene rings is 1. The fraction of sp³-hybridized carbons (Fsp3) is 0.417. The minimum absolute atomic E-state index is 0.0808. The zero-order chi connectivity index (χ0) is 13.8. The third kappa shape index (κ3) is 4.85. The fourth-order valence-electron chi connectivity index (χ4n) is 1.48. The summed E-state index contributed by atoms with van der Waals surface area (Å²) in [5, 5.41) is 8.43. The van der Waals surface area contributed by atoms with Crippen molar-refractivity contribution >= 4 is 16.0 Å². The highest BCUT2D eigenvalue weighted by Gasteiger charge is 2.12. The zero-order valence-corrected chi connectivity index (χ0v) is 11.3. The fourth-order valence-corrected chi connectivity index (χ4v) is 2.61. The lowest BCUT2D eigenvalue weighted by Gasteiger charge is -2.07. The number of rotatable bonds is 6. The number of carboxylic acids is 1. The van der Waals surface area contributed by atoms with Crippen molar-refractivity contribution in [1.82, 2.24) is 4.72 Å². The Kier molecular flexibility index (Phi) is 4.86. The van der Waals surface area contributed by atoms with E-state index in [-0.39, 0.29) is 18.7 Å². The normalized spacial score (nSPS) is 11.4. The Balaban J connectivity index is 2.64. The van der Waals surface area contributed by atoms with Gasteiger partial charge in [0.25, 0.3) is 0 Å². The van der Waals surface area contributed by atoms with Crippen molar-refractivity contribution < 1.29 is 18.3 Å². The molecule has 100 valence electrons. The van der Waals surface area contributed by atoms with Crippen LogP contribution in [0.4, 0.5) is 0 Å². The van der Waals surface area contributed by atoms with Crippen molar-refractivity contribution in [3.8, 4) is 0 Å². The van der Waals surface area contributed by atoms with E-state index in [0.29, 0.717) is 5.56 Å². The number of sulfonamides is 1. The first-order valence-corrected chi connectivity index (χ1v) is 7.20. The van der Waals surface area contributed by atoms with Gasteiger partial charge < -0.3 is 5.11 Å². The van der Waals surface area contributed by atoms with Crippen LogP contribution in [0.3, 0.4) is 0 Å². The van der Waals surface area contributed by atoms with Gasteiger partial charge in [-0.1, -0.05) is 18.2 Å². The van der Waals surface area contributed by atoms with E-state index >= 15 is 0 Å². The number of nitrogens with one attached hydrogen (secondary N) is 1. The van der Waals surface area contributed by atoms with Crippen LogP contribution in [-0.4, -0.2) is 26.0 Å². The molecular formula is C12H17NO4S. The molecule has 18 heavy (non-hydrogen) atoms. The highest BCUT2D eigenvalue weighted by Crippen LogP contribution is 2.12. The van der Waals surface area contributed by atoms with Crippen molar-refractivity contribution in [2.45, 2.75) is 26.0 Å². The van der Waals surface area contributed by atoms with Crippen LogP contribution in [0.25, 0.3) is 0 Å². The van der Waals surface area contributed by atoms with E-state index < -0.39 is 16.0 Å². The minimum Gasteiger partial charge on any atom is -0.481 e. The third-order valence-electron chi connectivity index (χ3n) is 2.59. The summed E-state index contributed by atoms with van der Waals surface area (Å²) in [5.74, 6) is -1.16. The van der Waals surface area contributed by atoms with Crippen LogP contribution < -0.4 is 4.72 Å². The van der Waals surface area contributed by atoms with Gasteiger partial charge in [-0.3, -0.25) is 4.79 Å². The number of hydrogen-bond acceptors (Lipinski definition) is 3. The molecule has 0 radical (unpaired) electrons. The van der Waals surface area contributed by atoms with Crippen LogP contribution in [0.15, 0.2) is 18.2 Å². The van der Waals surface area contributed by atoms with Crippen molar-refractivity contribution in [3.05, 3.63) is 34.9 Å². The summed E-state index contributed by atoms with van der Waals surface area (Å²) < 4.78 is 25.6. The Morgan fingerprint density at radius 2 is 1.94 bits per heavy atom. The Labute approximate surface area is 107 Å². The van der Waals surface area contributed by atoms with Gasteiger partial charge >= 0.3 is 5.97 Å². The molecule has 0 aliphatic carbocycles. The molecule has 0 saturated carbocycles. The summed E-state index contributed by atoms with van der Waals surface area (Å²) in [6.07, 6.45) is -0.216. The summed E-state index contributed by atoms with van der Waals surface area (Å²) in [6.45, 7) is 3.80. The van der Waals surface area contributed by atoms with Gasteiger partial charge in [0.2, 0.25) is 10.0 Å². The SMILES string of the molecule is Cc1ccc(CS(=O)(=O)NCCC(=O)O)cc1C. The molecule has 2 N–H and O–H groups in total. The lowest BCUT2D eigenvalue weighted by atomic mass is 10.1. The van der Waals surface area contributed by atoms with Crippen LogP contribution in [-0.2, 0) is 20.6 Å². The second-order valence-electron chi connectivity index (χ2n) is 4.22. The number of carbonyl (C=O) groups is 1. The summed E-state index contributed by atoms with van der Waals surface area (Å²) in [7, 11) is -3.47. The Morgan fingerprint density at radius 3 is 2.50 bits per heavy atom. The van der Waals surface area contributed by atoms with Crippen LogP contribution in [0, 0.1) is 13.8 Å². The first kappa shape index (κ1) is 14.7. The molecule has 0 aliphatic rings. The van der Waals surface area contributed by atoms with Gasteiger partial charge in [0.05, 0.1) is 12.2 Å².